The van der Waals surface area contributed by atoms with Gasteiger partial charge in [0.25, 0.3) is 0 Å². The van der Waals surface area contributed by atoms with Gasteiger partial charge in [-0.05, 0) is 18.9 Å². The summed E-state index contributed by atoms with van der Waals surface area (Å²) < 4.78 is 4.86. The average molecular weight is 252 g/mol. The Labute approximate surface area is 107 Å². The van der Waals surface area contributed by atoms with Crippen LogP contribution in [0.25, 0.3) is 0 Å². The van der Waals surface area contributed by atoms with Crippen LogP contribution in [0.5, 0.6) is 0 Å². The lowest BCUT2D eigenvalue weighted by molar-refractivity contribution is -0.129. The number of alkyl carbamates (subject to hydrolysis) is 1. The molecule has 0 aliphatic carbocycles. The second-order valence-corrected chi connectivity index (χ2v) is 4.12. The molecule has 100 valence electrons. The number of hydrogen-bond donors (Lipinski definition) is 1. The quantitative estimate of drug-likeness (QED) is 0.827. The number of rotatable bonds is 3. The molecule has 1 aliphatic heterocycles. The van der Waals surface area contributed by atoms with Crippen LogP contribution in [0.4, 0.5) is 4.79 Å². The Morgan fingerprint density at radius 1 is 1.61 bits per heavy atom. The van der Waals surface area contributed by atoms with Crippen LogP contribution in [0.3, 0.4) is 0 Å². The Hall–Kier alpha value is -1.78. The molecule has 1 atom stereocenters. The number of nitrogens with one attached hydrogen (secondary N) is 1. The molecule has 0 bridgehead atoms. The lowest BCUT2D eigenvalue weighted by atomic mass is 9.98. The van der Waals surface area contributed by atoms with Crippen LogP contribution < -0.4 is 5.32 Å². The first-order chi connectivity index (χ1) is 8.58. The Kier molecular flexibility index (Phi) is 5.42. The van der Waals surface area contributed by atoms with Crippen molar-refractivity contribution in [2.24, 2.45) is 0 Å². The number of carbonyl (C=O) groups is 2. The van der Waals surface area contributed by atoms with E-state index in [2.05, 4.69) is 11.9 Å². The van der Waals surface area contributed by atoms with E-state index in [1.165, 1.54) is 0 Å². The topological polar surface area (TPSA) is 58.6 Å². The van der Waals surface area contributed by atoms with Gasteiger partial charge in [0.2, 0.25) is 5.91 Å². The number of amides is 2. The van der Waals surface area contributed by atoms with Crippen LogP contribution in [0.15, 0.2) is 24.3 Å². The van der Waals surface area contributed by atoms with Gasteiger partial charge in [-0.1, -0.05) is 18.7 Å². The molecule has 0 spiro atoms. The summed E-state index contributed by atoms with van der Waals surface area (Å²) in [7, 11) is 0. The van der Waals surface area contributed by atoms with Gasteiger partial charge >= 0.3 is 6.09 Å². The summed E-state index contributed by atoms with van der Waals surface area (Å²) >= 11 is 0. The molecule has 0 saturated carbocycles. The standard InChI is InChI=1S/C13H20N2O3/c1-4-6-11-9-15(10(3)16)8-7-12(11)14-13(17)18-5-2/h4,6,12H,1,5,7-9H2,2-3H3,(H,14,17). The van der Waals surface area contributed by atoms with E-state index >= 15 is 0 Å². The molecule has 1 fully saturated rings. The van der Waals surface area contributed by atoms with Crippen molar-refractivity contribution >= 4 is 12.0 Å². The normalized spacial score (nSPS) is 21.6. The molecule has 1 N–H and O–H groups in total. The zero-order valence-electron chi connectivity index (χ0n) is 10.9. The summed E-state index contributed by atoms with van der Waals surface area (Å²) in [6.07, 6.45) is 3.77. The maximum Gasteiger partial charge on any atom is 0.407 e. The van der Waals surface area contributed by atoms with Gasteiger partial charge in [-0.15, -0.1) is 0 Å². The lowest BCUT2D eigenvalue weighted by Crippen LogP contribution is -2.47. The molecule has 5 heteroatoms. The monoisotopic (exact) mass is 252 g/mol. The molecule has 0 aromatic heterocycles. The van der Waals surface area contributed by atoms with Crippen molar-refractivity contribution in [3.63, 3.8) is 0 Å². The van der Waals surface area contributed by atoms with E-state index < -0.39 is 6.09 Å². The van der Waals surface area contributed by atoms with Crippen molar-refractivity contribution in [1.29, 1.82) is 0 Å². The van der Waals surface area contributed by atoms with Crippen LogP contribution in [0.1, 0.15) is 20.3 Å². The summed E-state index contributed by atoms with van der Waals surface area (Å²) in [5.41, 5.74) is 0.972. The summed E-state index contributed by atoms with van der Waals surface area (Å²) in [6, 6.07) is -0.0855. The summed E-state index contributed by atoms with van der Waals surface area (Å²) in [5.74, 6) is 0.0412. The first-order valence-electron chi connectivity index (χ1n) is 6.08. The van der Waals surface area contributed by atoms with Crippen LogP contribution in [-0.2, 0) is 9.53 Å². The average Bonchev–Trinajstić information content (AvgIpc) is 2.31. The van der Waals surface area contributed by atoms with Crippen molar-refractivity contribution in [3.8, 4) is 0 Å². The summed E-state index contributed by atoms with van der Waals surface area (Å²) in [6.45, 7) is 8.47. The van der Waals surface area contributed by atoms with Crippen LogP contribution >= 0.6 is 0 Å². The van der Waals surface area contributed by atoms with E-state index in [9.17, 15) is 9.59 Å². The maximum atomic E-state index is 11.4. The third-order valence-electron chi connectivity index (χ3n) is 2.85. The third kappa shape index (κ3) is 3.91. The summed E-state index contributed by atoms with van der Waals surface area (Å²) in [5, 5.41) is 2.80. The zero-order valence-corrected chi connectivity index (χ0v) is 10.9. The Morgan fingerprint density at radius 3 is 2.89 bits per heavy atom. The van der Waals surface area contributed by atoms with E-state index in [1.807, 2.05) is 6.08 Å². The molecule has 5 nitrogen and oxygen atoms in total. The predicted molar refractivity (Wildman–Crippen MR) is 69.1 cm³/mol. The Balaban J connectivity index is 2.68. The molecule has 1 heterocycles. The molecule has 2 amide bonds. The first-order valence-corrected chi connectivity index (χ1v) is 6.08. The molecule has 1 aliphatic rings. The van der Waals surface area contributed by atoms with E-state index in [4.69, 9.17) is 4.74 Å². The van der Waals surface area contributed by atoms with Gasteiger partial charge < -0.3 is 15.0 Å². The molecule has 1 unspecified atom stereocenters. The molecular formula is C13H20N2O3. The van der Waals surface area contributed by atoms with Crippen LogP contribution in [0, 0.1) is 0 Å². The van der Waals surface area contributed by atoms with Crippen molar-refractivity contribution in [2.45, 2.75) is 26.3 Å². The molecule has 1 saturated heterocycles. The lowest BCUT2D eigenvalue weighted by Gasteiger charge is -2.33. The molecule has 1 rings (SSSR count). The van der Waals surface area contributed by atoms with Crippen molar-refractivity contribution in [1.82, 2.24) is 10.2 Å². The summed E-state index contributed by atoms with van der Waals surface area (Å²) in [4.78, 5) is 24.5. The minimum absolute atomic E-state index is 0.0412. The number of likely N-dealkylation sites (tertiary alicyclic amines) is 1. The molecule has 0 radical (unpaired) electrons. The fourth-order valence-electron chi connectivity index (χ4n) is 1.95. The smallest absolute Gasteiger partial charge is 0.407 e. The molecular weight excluding hydrogens is 232 g/mol. The molecule has 18 heavy (non-hydrogen) atoms. The highest BCUT2D eigenvalue weighted by molar-refractivity contribution is 5.74. The maximum absolute atomic E-state index is 11.4. The Morgan fingerprint density at radius 2 is 2.33 bits per heavy atom. The van der Waals surface area contributed by atoms with Gasteiger partial charge in [0, 0.05) is 20.0 Å². The highest BCUT2D eigenvalue weighted by Gasteiger charge is 2.26. The highest BCUT2D eigenvalue weighted by Crippen LogP contribution is 2.17. The van der Waals surface area contributed by atoms with E-state index in [1.54, 1.807) is 24.8 Å². The molecule has 0 aromatic carbocycles. The fraction of sp³-hybridized carbons (Fsp3) is 0.538. The number of hydrogen-bond acceptors (Lipinski definition) is 3. The van der Waals surface area contributed by atoms with Crippen molar-refractivity contribution < 1.29 is 14.3 Å². The van der Waals surface area contributed by atoms with Crippen LogP contribution in [0.2, 0.25) is 0 Å². The number of allylic oxidation sites excluding steroid dienone is 2. The predicted octanol–water partition coefficient (Wildman–Crippen LogP) is 1.47. The molecule has 0 aromatic rings. The largest absolute Gasteiger partial charge is 0.450 e. The van der Waals surface area contributed by atoms with E-state index in [0.29, 0.717) is 26.1 Å². The van der Waals surface area contributed by atoms with E-state index in [0.717, 1.165) is 5.57 Å². The minimum Gasteiger partial charge on any atom is -0.450 e. The Bertz CT molecular complexity index is 363. The van der Waals surface area contributed by atoms with E-state index in [-0.39, 0.29) is 11.9 Å². The second-order valence-electron chi connectivity index (χ2n) is 4.12. The van der Waals surface area contributed by atoms with Gasteiger partial charge in [-0.2, -0.15) is 0 Å². The fourth-order valence-corrected chi connectivity index (χ4v) is 1.95. The third-order valence-corrected chi connectivity index (χ3v) is 2.85. The minimum atomic E-state index is -0.422. The number of ether oxygens (including phenoxy) is 1. The van der Waals surface area contributed by atoms with Crippen molar-refractivity contribution in [2.75, 3.05) is 19.7 Å². The van der Waals surface area contributed by atoms with Gasteiger partial charge in [0.15, 0.2) is 0 Å². The number of piperidine rings is 1. The first kappa shape index (κ1) is 14.3. The second kappa shape index (κ2) is 6.83. The van der Waals surface area contributed by atoms with Gasteiger partial charge in [0.1, 0.15) is 0 Å². The van der Waals surface area contributed by atoms with Crippen LogP contribution in [-0.4, -0.2) is 42.6 Å². The zero-order chi connectivity index (χ0) is 13.5. The number of carbonyl (C=O) groups excluding carboxylic acids is 2. The highest BCUT2D eigenvalue weighted by atomic mass is 16.5. The SMILES string of the molecule is C=CC=C1CN(C(C)=O)CCC1NC(=O)OCC. The van der Waals surface area contributed by atoms with Crippen molar-refractivity contribution in [3.05, 3.63) is 24.3 Å². The van der Waals surface area contributed by atoms with Gasteiger partial charge in [-0.3, -0.25) is 4.79 Å². The number of nitrogens with zero attached hydrogens (tertiary/aromatic N) is 1. The van der Waals surface area contributed by atoms with Gasteiger partial charge in [-0.25, -0.2) is 4.79 Å². The van der Waals surface area contributed by atoms with Gasteiger partial charge in [0.05, 0.1) is 12.6 Å².